The average Bonchev–Trinajstić information content (AvgIpc) is 3.03. The molecular weight excluding hydrogens is 520 g/mol. The summed E-state index contributed by atoms with van der Waals surface area (Å²) in [5.41, 5.74) is 2.28. The van der Waals surface area contributed by atoms with E-state index in [0.717, 1.165) is 21.9 Å². The van der Waals surface area contributed by atoms with E-state index in [0.29, 0.717) is 5.56 Å². The van der Waals surface area contributed by atoms with Crippen molar-refractivity contribution in [3.63, 3.8) is 0 Å². The lowest BCUT2D eigenvalue weighted by atomic mass is 9.97. The molecule has 4 aromatic rings. The van der Waals surface area contributed by atoms with Crippen LogP contribution in [-0.2, 0) is 35.0 Å². The minimum absolute atomic E-state index is 0.202. The molecule has 2 heterocycles. The van der Waals surface area contributed by atoms with Gasteiger partial charge in [-0.15, -0.1) is 6.58 Å². The first-order valence-electron chi connectivity index (χ1n) is 13.7. The van der Waals surface area contributed by atoms with Crippen LogP contribution < -0.4 is 0 Å². The summed E-state index contributed by atoms with van der Waals surface area (Å²) >= 11 is 0. The van der Waals surface area contributed by atoms with Crippen LogP contribution in [0.15, 0.2) is 116 Å². The highest BCUT2D eigenvalue weighted by atomic mass is 16.8. The minimum Gasteiger partial charge on any atom is -0.450 e. The lowest BCUT2D eigenvalue weighted by molar-refractivity contribution is -0.364. The van der Waals surface area contributed by atoms with Crippen molar-refractivity contribution in [3.8, 4) is 0 Å². The van der Waals surface area contributed by atoms with Gasteiger partial charge < -0.3 is 28.4 Å². The molecule has 3 unspecified atom stereocenters. The fourth-order valence-corrected chi connectivity index (χ4v) is 5.23. The van der Waals surface area contributed by atoms with Crippen molar-refractivity contribution in [3.05, 3.63) is 132 Å². The summed E-state index contributed by atoms with van der Waals surface area (Å²) in [7, 11) is 0. The number of esters is 1. The van der Waals surface area contributed by atoms with Gasteiger partial charge >= 0.3 is 5.97 Å². The standard InChI is InChI=1S/C34H32O7/c1-2-19-36-34-31(40-32(35)25-12-5-3-6-13-25)30(37-21-23-17-18-24-11-9-10-16-27(24)20-23)29-28(39-34)22-38-33(41-29)26-14-7-4-8-15-26/h2-18,20,28-31,33-34H,1,19,21-22H2/t28?,29-,30-,31?,33?,34+/m0/s1. The van der Waals surface area contributed by atoms with E-state index in [1.165, 1.54) is 0 Å². The summed E-state index contributed by atoms with van der Waals surface area (Å²) in [6.45, 7) is 4.48. The Morgan fingerprint density at radius 3 is 2.34 bits per heavy atom. The Kier molecular flexibility index (Phi) is 8.51. The zero-order valence-corrected chi connectivity index (χ0v) is 22.5. The highest BCUT2D eigenvalue weighted by molar-refractivity contribution is 5.89. The maximum absolute atomic E-state index is 13.3. The number of benzene rings is 4. The molecule has 2 fully saturated rings. The van der Waals surface area contributed by atoms with Crippen LogP contribution in [0.25, 0.3) is 10.8 Å². The predicted molar refractivity (Wildman–Crippen MR) is 153 cm³/mol. The number of fused-ring (bicyclic) bond motifs is 2. The fourth-order valence-electron chi connectivity index (χ4n) is 5.23. The molecule has 0 saturated carbocycles. The first-order valence-corrected chi connectivity index (χ1v) is 13.7. The molecule has 0 N–H and O–H groups in total. The highest BCUT2D eigenvalue weighted by Crippen LogP contribution is 2.37. The Balaban J connectivity index is 1.31. The van der Waals surface area contributed by atoms with Crippen molar-refractivity contribution < 1.29 is 33.2 Å². The zero-order valence-electron chi connectivity index (χ0n) is 22.5. The molecule has 0 spiro atoms. The van der Waals surface area contributed by atoms with Crippen LogP contribution in [0.3, 0.4) is 0 Å². The van der Waals surface area contributed by atoms with Gasteiger partial charge in [-0.2, -0.15) is 0 Å². The number of rotatable bonds is 9. The van der Waals surface area contributed by atoms with Gasteiger partial charge in [-0.05, 0) is 34.5 Å². The average molecular weight is 553 g/mol. The number of hydrogen-bond donors (Lipinski definition) is 0. The number of hydrogen-bond acceptors (Lipinski definition) is 7. The monoisotopic (exact) mass is 552 g/mol. The fraction of sp³-hybridized carbons (Fsp3) is 0.265. The molecule has 4 aromatic carbocycles. The highest BCUT2D eigenvalue weighted by Gasteiger charge is 2.53. The van der Waals surface area contributed by atoms with Crippen molar-refractivity contribution in [1.82, 2.24) is 0 Å². The first-order chi connectivity index (χ1) is 20.2. The van der Waals surface area contributed by atoms with Gasteiger partial charge in [-0.25, -0.2) is 4.79 Å². The van der Waals surface area contributed by atoms with E-state index < -0.39 is 43.0 Å². The van der Waals surface area contributed by atoms with E-state index >= 15 is 0 Å². The normalized spacial score (nSPS) is 25.8. The SMILES string of the molecule is C=CCO[C@@H]1OC2COC(c3ccccc3)O[C@@H]2[C@H](OCc2ccc3ccccc3c2)C1OC(=O)c1ccccc1. The molecule has 0 amide bonds. The molecule has 0 aliphatic carbocycles. The van der Waals surface area contributed by atoms with Gasteiger partial charge in [0.15, 0.2) is 18.7 Å². The van der Waals surface area contributed by atoms with E-state index in [4.69, 9.17) is 28.4 Å². The van der Waals surface area contributed by atoms with Crippen LogP contribution in [0.4, 0.5) is 0 Å². The summed E-state index contributed by atoms with van der Waals surface area (Å²) in [5.74, 6) is -0.504. The number of carbonyl (C=O) groups excluding carboxylic acids is 1. The van der Waals surface area contributed by atoms with Crippen molar-refractivity contribution >= 4 is 16.7 Å². The van der Waals surface area contributed by atoms with E-state index in [1.54, 1.807) is 30.3 Å². The second kappa shape index (κ2) is 12.8. The maximum atomic E-state index is 13.3. The van der Waals surface area contributed by atoms with Crippen LogP contribution in [0.1, 0.15) is 27.8 Å². The first kappa shape index (κ1) is 27.3. The second-order valence-corrected chi connectivity index (χ2v) is 10.0. The molecule has 7 nitrogen and oxygen atoms in total. The van der Waals surface area contributed by atoms with Gasteiger partial charge in [-0.1, -0.05) is 91.0 Å². The molecule has 41 heavy (non-hydrogen) atoms. The van der Waals surface area contributed by atoms with Crippen LogP contribution in [0.2, 0.25) is 0 Å². The minimum atomic E-state index is -0.918. The Bertz CT molecular complexity index is 1460. The third kappa shape index (κ3) is 6.25. The Morgan fingerprint density at radius 2 is 1.56 bits per heavy atom. The van der Waals surface area contributed by atoms with E-state index in [1.807, 2.05) is 54.6 Å². The molecule has 2 aliphatic rings. The van der Waals surface area contributed by atoms with Gasteiger partial charge in [0, 0.05) is 5.56 Å². The molecule has 2 aliphatic heterocycles. The van der Waals surface area contributed by atoms with Gasteiger partial charge in [0.1, 0.15) is 18.3 Å². The van der Waals surface area contributed by atoms with Crippen molar-refractivity contribution in [2.45, 2.75) is 43.6 Å². The quantitative estimate of drug-likeness (QED) is 0.187. The van der Waals surface area contributed by atoms with E-state index in [2.05, 4.69) is 30.8 Å². The van der Waals surface area contributed by atoms with Crippen LogP contribution in [0.5, 0.6) is 0 Å². The number of ether oxygens (including phenoxy) is 6. The van der Waals surface area contributed by atoms with Gasteiger partial charge in [0.2, 0.25) is 0 Å². The van der Waals surface area contributed by atoms with E-state index in [-0.39, 0.29) is 19.8 Å². The number of carbonyl (C=O) groups is 1. The van der Waals surface area contributed by atoms with Crippen LogP contribution >= 0.6 is 0 Å². The molecule has 0 bridgehead atoms. The lowest BCUT2D eigenvalue weighted by Gasteiger charge is -2.48. The summed E-state index contributed by atoms with van der Waals surface area (Å²) in [5, 5.41) is 2.26. The van der Waals surface area contributed by atoms with Crippen LogP contribution in [-0.4, -0.2) is 49.9 Å². The molecule has 7 heteroatoms. The van der Waals surface area contributed by atoms with Crippen molar-refractivity contribution in [1.29, 1.82) is 0 Å². The molecule has 2 saturated heterocycles. The van der Waals surface area contributed by atoms with Crippen LogP contribution in [0, 0.1) is 0 Å². The molecule has 6 atom stereocenters. The predicted octanol–water partition coefficient (Wildman–Crippen LogP) is 5.99. The Hall–Kier alpha value is -3.85. The Morgan fingerprint density at radius 1 is 0.829 bits per heavy atom. The topological polar surface area (TPSA) is 72.5 Å². The maximum Gasteiger partial charge on any atom is 0.338 e. The van der Waals surface area contributed by atoms with Crippen molar-refractivity contribution in [2.24, 2.45) is 0 Å². The second-order valence-electron chi connectivity index (χ2n) is 10.0. The third-order valence-electron chi connectivity index (χ3n) is 7.24. The third-order valence-corrected chi connectivity index (χ3v) is 7.24. The molecular formula is C34H32O7. The summed E-state index contributed by atoms with van der Waals surface area (Å²) in [6, 6.07) is 32.9. The van der Waals surface area contributed by atoms with Gasteiger partial charge in [0.05, 0.1) is 25.4 Å². The molecule has 0 aromatic heterocycles. The lowest BCUT2D eigenvalue weighted by Crippen LogP contribution is -2.64. The summed E-state index contributed by atoms with van der Waals surface area (Å²) in [6.07, 6.45) is -2.63. The largest absolute Gasteiger partial charge is 0.450 e. The Labute approximate surface area is 239 Å². The summed E-state index contributed by atoms with van der Waals surface area (Å²) < 4.78 is 37.5. The van der Waals surface area contributed by atoms with Crippen molar-refractivity contribution in [2.75, 3.05) is 13.2 Å². The molecule has 210 valence electrons. The smallest absolute Gasteiger partial charge is 0.338 e. The van der Waals surface area contributed by atoms with Gasteiger partial charge in [0.25, 0.3) is 0 Å². The van der Waals surface area contributed by atoms with Gasteiger partial charge in [-0.3, -0.25) is 0 Å². The van der Waals surface area contributed by atoms with E-state index in [9.17, 15) is 4.79 Å². The zero-order chi connectivity index (χ0) is 28.0. The summed E-state index contributed by atoms with van der Waals surface area (Å²) in [4.78, 5) is 13.3. The molecule has 0 radical (unpaired) electrons. The molecule has 6 rings (SSSR count).